The largest absolute Gasteiger partial charge is 0.497 e. The first-order chi connectivity index (χ1) is 20.9. The summed E-state index contributed by atoms with van der Waals surface area (Å²) in [4.78, 5) is 26.5. The first-order valence-electron chi connectivity index (χ1n) is 16.1. The fourth-order valence-corrected chi connectivity index (χ4v) is 10.4. The van der Waals surface area contributed by atoms with Gasteiger partial charge in [-0.3, -0.25) is 9.59 Å². The topological polar surface area (TPSA) is 143 Å². The highest BCUT2D eigenvalue weighted by molar-refractivity contribution is 5.83. The minimum atomic E-state index is -1.47. The number of carbonyl (C=O) groups is 2. The van der Waals surface area contributed by atoms with Crippen LogP contribution in [0.1, 0.15) is 77.2 Å². The Balaban J connectivity index is 1.40. The summed E-state index contributed by atoms with van der Waals surface area (Å²) < 4.78 is 17.5. The average molecular weight is 613 g/mol. The van der Waals surface area contributed by atoms with Gasteiger partial charge in [0, 0.05) is 24.3 Å². The van der Waals surface area contributed by atoms with Crippen LogP contribution in [0.3, 0.4) is 0 Å². The van der Waals surface area contributed by atoms with Crippen molar-refractivity contribution in [3.8, 4) is 11.5 Å². The van der Waals surface area contributed by atoms with E-state index in [4.69, 9.17) is 14.2 Å². The van der Waals surface area contributed by atoms with E-state index in [1.807, 2.05) is 18.2 Å². The fourth-order valence-electron chi connectivity index (χ4n) is 10.4. The third-order valence-electron chi connectivity index (χ3n) is 12.6. The molecule has 4 aliphatic carbocycles. The molecular formula is C35H48O9. The van der Waals surface area contributed by atoms with E-state index in [1.165, 1.54) is 0 Å². The number of fused-ring (bicyclic) bond motifs is 4. The Labute approximate surface area is 259 Å². The number of hydrogen-bond donors (Lipinski definition) is 4. The number of rotatable bonds is 6. The van der Waals surface area contributed by atoms with Crippen molar-refractivity contribution in [2.75, 3.05) is 20.8 Å². The van der Waals surface area contributed by atoms with E-state index >= 15 is 0 Å². The maximum Gasteiger partial charge on any atom is 0.136 e. The van der Waals surface area contributed by atoms with Gasteiger partial charge in [-0.05, 0) is 97.3 Å². The monoisotopic (exact) mass is 612 g/mol. The van der Waals surface area contributed by atoms with E-state index in [0.29, 0.717) is 19.3 Å². The number of ketones is 2. The summed E-state index contributed by atoms with van der Waals surface area (Å²) in [6.07, 6.45) is -1.58. The molecule has 0 spiro atoms. The van der Waals surface area contributed by atoms with Gasteiger partial charge >= 0.3 is 0 Å². The van der Waals surface area contributed by atoms with Gasteiger partial charge in [-0.2, -0.15) is 0 Å². The van der Waals surface area contributed by atoms with Gasteiger partial charge in [0.05, 0.1) is 20.8 Å². The van der Waals surface area contributed by atoms with Gasteiger partial charge in [-0.1, -0.05) is 19.4 Å². The number of carbonyl (C=O) groups excluding carboxylic acids is 2. The Morgan fingerprint density at radius 3 is 2.48 bits per heavy atom. The maximum absolute atomic E-state index is 13.6. The standard InChI is InChI=1S/C35H48O9/c1-17(37)29-23(22-14-21(42-4)6-7-27(22)43-5)12-19-10-18-11-24(33-32(41)31(40)30(39)28(16-36)44-33)25-13-20(38)8-9-34(25,2)26(18)15-35(19,29)3/h6-7,14,18-19,23,26,28-33,36,39-41H,8-13,15-16H2,1-5H3. The van der Waals surface area contributed by atoms with Crippen LogP contribution in [-0.2, 0) is 14.3 Å². The molecular weight excluding hydrogens is 564 g/mol. The van der Waals surface area contributed by atoms with Crippen molar-refractivity contribution in [1.29, 1.82) is 0 Å². The molecule has 9 nitrogen and oxygen atoms in total. The predicted octanol–water partition coefficient (Wildman–Crippen LogP) is 3.35. The molecule has 0 aromatic heterocycles. The lowest BCUT2D eigenvalue weighted by molar-refractivity contribution is -0.221. The van der Waals surface area contributed by atoms with Crippen molar-refractivity contribution < 1.29 is 44.2 Å². The van der Waals surface area contributed by atoms with Gasteiger partial charge in [0.15, 0.2) is 0 Å². The van der Waals surface area contributed by atoms with Gasteiger partial charge in [0.25, 0.3) is 0 Å². The molecule has 242 valence electrons. The van der Waals surface area contributed by atoms with Crippen LogP contribution in [0.2, 0.25) is 0 Å². The second-order valence-electron chi connectivity index (χ2n) is 14.6. The number of hydrogen-bond acceptors (Lipinski definition) is 9. The lowest BCUT2D eigenvalue weighted by atomic mass is 9.46. The van der Waals surface area contributed by atoms with Gasteiger partial charge in [0.1, 0.15) is 53.6 Å². The molecule has 44 heavy (non-hydrogen) atoms. The van der Waals surface area contributed by atoms with E-state index in [9.17, 15) is 30.0 Å². The molecule has 1 aromatic carbocycles. The van der Waals surface area contributed by atoms with Crippen molar-refractivity contribution in [2.45, 2.75) is 102 Å². The highest BCUT2D eigenvalue weighted by Crippen LogP contribution is 2.69. The molecule has 6 rings (SSSR count). The third kappa shape index (κ3) is 4.77. The summed E-state index contributed by atoms with van der Waals surface area (Å²) in [5.74, 6) is 2.33. The Kier molecular flexibility index (Phi) is 8.28. The van der Waals surface area contributed by atoms with Crippen LogP contribution in [0.4, 0.5) is 0 Å². The molecule has 0 radical (unpaired) electrons. The van der Waals surface area contributed by atoms with Gasteiger partial charge in [0.2, 0.25) is 0 Å². The van der Waals surface area contributed by atoms with Crippen molar-refractivity contribution >= 4 is 11.6 Å². The van der Waals surface area contributed by atoms with E-state index in [2.05, 4.69) is 13.8 Å². The summed E-state index contributed by atoms with van der Waals surface area (Å²) in [7, 11) is 3.30. The van der Waals surface area contributed by atoms with E-state index in [1.54, 1.807) is 21.1 Å². The molecule has 12 unspecified atom stereocenters. The van der Waals surface area contributed by atoms with Crippen LogP contribution in [-0.4, -0.2) is 83.3 Å². The number of benzene rings is 1. The first kappa shape index (κ1) is 31.7. The lowest BCUT2D eigenvalue weighted by Crippen LogP contribution is -2.60. The molecule has 12 atom stereocenters. The van der Waals surface area contributed by atoms with Crippen molar-refractivity contribution in [3.05, 3.63) is 34.9 Å². The van der Waals surface area contributed by atoms with Gasteiger partial charge in [-0.15, -0.1) is 0 Å². The highest BCUT2D eigenvalue weighted by atomic mass is 16.5. The second-order valence-corrected chi connectivity index (χ2v) is 14.6. The van der Waals surface area contributed by atoms with Crippen LogP contribution in [0.15, 0.2) is 29.3 Å². The molecule has 1 heterocycles. The average Bonchev–Trinajstić information content (AvgIpc) is 3.31. The first-order valence-corrected chi connectivity index (χ1v) is 16.1. The van der Waals surface area contributed by atoms with Crippen LogP contribution >= 0.6 is 0 Å². The molecule has 1 saturated heterocycles. The minimum Gasteiger partial charge on any atom is -0.497 e. The normalized spacial score (nSPS) is 43.6. The predicted molar refractivity (Wildman–Crippen MR) is 161 cm³/mol. The fraction of sp³-hybridized carbons (Fsp3) is 0.714. The number of allylic oxidation sites excluding steroid dienone is 1. The van der Waals surface area contributed by atoms with Crippen molar-refractivity contribution in [1.82, 2.24) is 0 Å². The van der Waals surface area contributed by atoms with Crippen molar-refractivity contribution in [2.24, 2.45) is 34.5 Å². The van der Waals surface area contributed by atoms with Crippen LogP contribution in [0, 0.1) is 34.5 Å². The Hall–Kier alpha value is -2.30. The zero-order valence-corrected chi connectivity index (χ0v) is 26.5. The third-order valence-corrected chi connectivity index (χ3v) is 12.6. The van der Waals surface area contributed by atoms with Crippen molar-refractivity contribution in [3.63, 3.8) is 0 Å². The zero-order valence-electron chi connectivity index (χ0n) is 26.5. The summed E-state index contributed by atoms with van der Waals surface area (Å²) in [5, 5.41) is 42.2. The number of ether oxygens (including phenoxy) is 3. The van der Waals surface area contributed by atoms with Gasteiger partial charge < -0.3 is 34.6 Å². The summed E-state index contributed by atoms with van der Waals surface area (Å²) in [6.45, 7) is 5.75. The highest BCUT2D eigenvalue weighted by Gasteiger charge is 2.63. The number of methoxy groups -OCH3 is 2. The molecule has 1 aromatic rings. The molecule has 4 N–H and O–H groups in total. The van der Waals surface area contributed by atoms with E-state index in [-0.39, 0.29) is 58.4 Å². The van der Waals surface area contributed by atoms with E-state index in [0.717, 1.165) is 47.5 Å². The zero-order chi connectivity index (χ0) is 31.7. The van der Waals surface area contributed by atoms with Crippen LogP contribution in [0.25, 0.3) is 0 Å². The minimum absolute atomic E-state index is 0.0224. The SMILES string of the molecule is COc1ccc(OC)c(C2CC3CC4CC(C5OC(CO)C(O)C(O)C5O)=C5CC(=O)CCC5(C)C4CC3(C)C2C(C)=O)c1. The quantitative estimate of drug-likeness (QED) is 0.356. The molecule has 0 amide bonds. The molecule has 5 aliphatic rings. The maximum atomic E-state index is 13.6. The Morgan fingerprint density at radius 2 is 1.82 bits per heavy atom. The van der Waals surface area contributed by atoms with E-state index < -0.39 is 37.1 Å². The smallest absolute Gasteiger partial charge is 0.136 e. The summed E-state index contributed by atoms with van der Waals surface area (Å²) >= 11 is 0. The lowest BCUT2D eigenvalue weighted by Gasteiger charge is -2.59. The molecule has 3 saturated carbocycles. The Morgan fingerprint density at radius 1 is 1.07 bits per heavy atom. The summed E-state index contributed by atoms with van der Waals surface area (Å²) in [6, 6.07) is 5.80. The molecule has 1 aliphatic heterocycles. The molecule has 4 fully saturated rings. The second kappa shape index (κ2) is 11.5. The summed E-state index contributed by atoms with van der Waals surface area (Å²) in [5.41, 5.74) is 2.23. The Bertz CT molecular complexity index is 1340. The molecule has 0 bridgehead atoms. The van der Waals surface area contributed by atoms with Crippen LogP contribution in [0.5, 0.6) is 11.5 Å². The van der Waals surface area contributed by atoms with Gasteiger partial charge in [-0.25, -0.2) is 0 Å². The number of aliphatic hydroxyl groups excluding tert-OH is 4. The molecule has 9 heteroatoms. The van der Waals surface area contributed by atoms with Crippen LogP contribution < -0.4 is 9.47 Å². The number of aliphatic hydroxyl groups is 4. The number of Topliss-reactive ketones (excluding diaryl/α,β-unsaturated/α-hetero) is 2.